The van der Waals surface area contributed by atoms with Crippen LogP contribution in [-0.2, 0) is 9.84 Å². The van der Waals surface area contributed by atoms with Gasteiger partial charge in [0.15, 0.2) is 5.13 Å². The largest absolute Gasteiger partial charge is 0.382 e. The molecule has 1 saturated heterocycles. The van der Waals surface area contributed by atoms with Gasteiger partial charge in [0.05, 0.1) is 5.75 Å². The standard InChI is InChI=1S/C11H18N4O3S2/c1-20(17,18)7-4-13-10(16)8-9(12)14-11(19-8)15-5-2-3-6-15/h2-7,12H2,1H3,(H,13,16). The molecule has 1 aliphatic heterocycles. The highest BCUT2D eigenvalue weighted by Gasteiger charge is 2.21. The lowest BCUT2D eigenvalue weighted by molar-refractivity contribution is 0.0961. The minimum Gasteiger partial charge on any atom is -0.382 e. The van der Waals surface area contributed by atoms with Crippen LogP contribution in [0, 0.1) is 0 Å². The first-order valence-corrected chi connectivity index (χ1v) is 9.22. The van der Waals surface area contributed by atoms with Crippen LogP contribution in [0.5, 0.6) is 0 Å². The van der Waals surface area contributed by atoms with Crippen molar-refractivity contribution in [2.75, 3.05) is 42.3 Å². The van der Waals surface area contributed by atoms with E-state index in [9.17, 15) is 13.2 Å². The van der Waals surface area contributed by atoms with Crippen molar-refractivity contribution in [1.29, 1.82) is 0 Å². The number of rotatable bonds is 5. The summed E-state index contributed by atoms with van der Waals surface area (Å²) in [5.74, 6) is -0.251. The van der Waals surface area contributed by atoms with E-state index in [4.69, 9.17) is 5.73 Å². The summed E-state index contributed by atoms with van der Waals surface area (Å²) in [5, 5.41) is 3.31. The van der Waals surface area contributed by atoms with E-state index in [1.165, 1.54) is 11.3 Å². The number of nitrogen functional groups attached to an aromatic ring is 1. The molecule has 0 atom stereocenters. The maximum atomic E-state index is 11.9. The number of carbonyl (C=O) groups is 1. The number of sulfone groups is 1. The number of anilines is 2. The minimum absolute atomic E-state index is 0.0774. The SMILES string of the molecule is CS(=O)(=O)CCNC(=O)c1sc(N2CCCC2)nc1N. The first-order chi connectivity index (χ1) is 9.37. The number of nitrogens with one attached hydrogen (secondary N) is 1. The smallest absolute Gasteiger partial charge is 0.265 e. The number of carbonyl (C=O) groups excluding carboxylic acids is 1. The number of nitrogens with two attached hydrogens (primary N) is 1. The van der Waals surface area contributed by atoms with E-state index in [-0.39, 0.29) is 24.0 Å². The van der Waals surface area contributed by atoms with Crippen molar-refractivity contribution >= 4 is 38.0 Å². The van der Waals surface area contributed by atoms with E-state index in [1.54, 1.807) is 0 Å². The maximum absolute atomic E-state index is 11.9. The molecule has 7 nitrogen and oxygen atoms in total. The molecule has 0 radical (unpaired) electrons. The lowest BCUT2D eigenvalue weighted by atomic mass is 10.4. The number of aromatic nitrogens is 1. The molecule has 1 aromatic heterocycles. The molecule has 1 aliphatic rings. The lowest BCUT2D eigenvalue weighted by Crippen LogP contribution is -2.28. The van der Waals surface area contributed by atoms with Gasteiger partial charge >= 0.3 is 0 Å². The summed E-state index contributed by atoms with van der Waals surface area (Å²) in [6.07, 6.45) is 3.37. The molecule has 0 bridgehead atoms. The Morgan fingerprint density at radius 1 is 1.45 bits per heavy atom. The number of hydrogen-bond acceptors (Lipinski definition) is 7. The fraction of sp³-hybridized carbons (Fsp3) is 0.636. The number of amides is 1. The second kappa shape index (κ2) is 5.96. The Hall–Kier alpha value is -1.35. The van der Waals surface area contributed by atoms with Crippen molar-refractivity contribution in [2.45, 2.75) is 12.8 Å². The summed E-state index contributed by atoms with van der Waals surface area (Å²) in [6.45, 7) is 1.94. The molecular formula is C11H18N4O3S2. The maximum Gasteiger partial charge on any atom is 0.265 e. The van der Waals surface area contributed by atoms with Gasteiger partial charge in [-0.25, -0.2) is 13.4 Å². The van der Waals surface area contributed by atoms with Gasteiger partial charge in [0.2, 0.25) is 0 Å². The van der Waals surface area contributed by atoms with Crippen molar-refractivity contribution in [3.8, 4) is 0 Å². The normalized spacial score (nSPS) is 15.6. The third-order valence-electron chi connectivity index (χ3n) is 2.98. The van der Waals surface area contributed by atoms with Gasteiger partial charge in [-0.05, 0) is 12.8 Å². The summed E-state index contributed by atoms with van der Waals surface area (Å²) in [7, 11) is -3.09. The Morgan fingerprint density at radius 2 is 2.10 bits per heavy atom. The third-order valence-corrected chi connectivity index (χ3v) is 5.06. The topological polar surface area (TPSA) is 105 Å². The molecule has 1 fully saturated rings. The lowest BCUT2D eigenvalue weighted by Gasteiger charge is -2.11. The molecule has 2 heterocycles. The second-order valence-corrected chi connectivity index (χ2v) is 8.03. The van der Waals surface area contributed by atoms with Crippen molar-refractivity contribution in [3.63, 3.8) is 0 Å². The van der Waals surface area contributed by atoms with Crippen molar-refractivity contribution in [3.05, 3.63) is 4.88 Å². The first-order valence-electron chi connectivity index (χ1n) is 6.34. The van der Waals surface area contributed by atoms with Crippen molar-refractivity contribution < 1.29 is 13.2 Å². The highest BCUT2D eigenvalue weighted by atomic mass is 32.2. The fourth-order valence-corrected chi connectivity index (χ4v) is 3.38. The van der Waals surface area contributed by atoms with Crippen LogP contribution in [0.2, 0.25) is 0 Å². The molecule has 0 saturated carbocycles. The van der Waals surface area contributed by atoms with Gasteiger partial charge in [-0.3, -0.25) is 4.79 Å². The van der Waals surface area contributed by atoms with Gasteiger partial charge in [0.25, 0.3) is 5.91 Å². The second-order valence-electron chi connectivity index (χ2n) is 4.79. The van der Waals surface area contributed by atoms with Gasteiger partial charge in [0, 0.05) is 25.9 Å². The summed E-state index contributed by atoms with van der Waals surface area (Å²) < 4.78 is 22.0. The highest BCUT2D eigenvalue weighted by Crippen LogP contribution is 2.30. The van der Waals surface area contributed by atoms with Crippen molar-refractivity contribution in [2.24, 2.45) is 0 Å². The van der Waals surface area contributed by atoms with Gasteiger partial charge < -0.3 is 16.0 Å². The zero-order valence-electron chi connectivity index (χ0n) is 11.3. The van der Waals surface area contributed by atoms with E-state index in [0.29, 0.717) is 4.88 Å². The Bertz CT molecular complexity index is 591. The Kier molecular flexibility index (Phi) is 4.48. The zero-order chi connectivity index (χ0) is 14.8. The fourth-order valence-electron chi connectivity index (χ4n) is 1.96. The minimum atomic E-state index is -3.09. The van der Waals surface area contributed by atoms with Crippen LogP contribution in [0.25, 0.3) is 0 Å². The van der Waals surface area contributed by atoms with Crippen molar-refractivity contribution in [1.82, 2.24) is 10.3 Å². The van der Waals surface area contributed by atoms with E-state index < -0.39 is 9.84 Å². The Morgan fingerprint density at radius 3 is 2.70 bits per heavy atom. The van der Waals surface area contributed by atoms with Crippen LogP contribution in [0.1, 0.15) is 22.5 Å². The predicted octanol–water partition coefficient (Wildman–Crippen LogP) is 0.0999. The zero-order valence-corrected chi connectivity index (χ0v) is 12.9. The number of hydrogen-bond donors (Lipinski definition) is 2. The van der Waals surface area contributed by atoms with E-state index in [2.05, 4.69) is 15.2 Å². The van der Waals surface area contributed by atoms with E-state index in [1.807, 2.05) is 0 Å². The summed E-state index contributed by atoms with van der Waals surface area (Å²) >= 11 is 1.25. The van der Waals surface area contributed by atoms with Crippen LogP contribution in [-0.4, -0.2) is 51.0 Å². The third kappa shape index (κ3) is 3.83. The van der Waals surface area contributed by atoms with E-state index >= 15 is 0 Å². The molecule has 0 spiro atoms. The summed E-state index contributed by atoms with van der Waals surface area (Å²) in [4.78, 5) is 18.6. The number of nitrogens with zero attached hydrogens (tertiary/aromatic N) is 2. The van der Waals surface area contributed by atoms with Gasteiger partial charge in [-0.15, -0.1) is 0 Å². The molecule has 1 aromatic rings. The van der Waals surface area contributed by atoms with Gasteiger partial charge in [-0.2, -0.15) is 0 Å². The molecule has 3 N–H and O–H groups in total. The molecule has 9 heteroatoms. The predicted molar refractivity (Wildman–Crippen MR) is 80.0 cm³/mol. The summed E-state index contributed by atoms with van der Waals surface area (Å²) in [6, 6.07) is 0. The molecular weight excluding hydrogens is 300 g/mol. The van der Waals surface area contributed by atoms with E-state index in [0.717, 1.165) is 37.3 Å². The molecule has 0 aliphatic carbocycles. The Labute approximate surface area is 122 Å². The monoisotopic (exact) mass is 318 g/mol. The highest BCUT2D eigenvalue weighted by molar-refractivity contribution is 7.90. The van der Waals surface area contributed by atoms with Crippen LogP contribution in [0.3, 0.4) is 0 Å². The van der Waals surface area contributed by atoms with Crippen LogP contribution < -0.4 is 16.0 Å². The summed E-state index contributed by atoms with van der Waals surface area (Å²) in [5.41, 5.74) is 5.76. The average molecular weight is 318 g/mol. The molecule has 0 aromatic carbocycles. The van der Waals surface area contributed by atoms with Crippen LogP contribution >= 0.6 is 11.3 Å². The van der Waals surface area contributed by atoms with Crippen LogP contribution in [0.4, 0.5) is 10.9 Å². The molecule has 112 valence electrons. The average Bonchev–Trinajstić information content (AvgIpc) is 2.95. The van der Waals surface area contributed by atoms with Gasteiger partial charge in [-0.1, -0.05) is 11.3 Å². The molecule has 2 rings (SSSR count). The molecule has 20 heavy (non-hydrogen) atoms. The Balaban J connectivity index is 1.99. The molecule has 0 unspecified atom stereocenters. The quantitative estimate of drug-likeness (QED) is 0.797. The van der Waals surface area contributed by atoms with Crippen LogP contribution in [0.15, 0.2) is 0 Å². The number of thiazole rings is 1. The first kappa shape index (κ1) is 15.0. The molecule has 1 amide bonds. The van der Waals surface area contributed by atoms with Gasteiger partial charge in [0.1, 0.15) is 20.5 Å².